The van der Waals surface area contributed by atoms with Crippen LogP contribution in [0.5, 0.6) is 0 Å². The molecule has 2 nitrogen and oxygen atoms in total. The van der Waals surface area contributed by atoms with Crippen LogP contribution in [0.15, 0.2) is 24.3 Å². The van der Waals surface area contributed by atoms with Gasteiger partial charge in [0.1, 0.15) is 0 Å². The van der Waals surface area contributed by atoms with Crippen molar-refractivity contribution in [2.45, 2.75) is 51.4 Å². The third-order valence-electron chi connectivity index (χ3n) is 4.13. The second-order valence-electron chi connectivity index (χ2n) is 5.65. The number of nitrogens with one attached hydrogen (secondary N) is 1. The zero-order valence-corrected chi connectivity index (χ0v) is 12.6. The zero-order valence-electron chi connectivity index (χ0n) is 12.6. The van der Waals surface area contributed by atoms with Crippen LogP contribution >= 0.6 is 0 Å². The van der Waals surface area contributed by atoms with Crippen molar-refractivity contribution in [3.8, 4) is 0 Å². The average Bonchev–Trinajstić information content (AvgIpc) is 2.47. The fraction of sp³-hybridized carbons (Fsp3) is 0.625. The van der Waals surface area contributed by atoms with Gasteiger partial charge >= 0.3 is 6.18 Å². The Kier molecular flexibility index (Phi) is 5.14. The van der Waals surface area contributed by atoms with E-state index in [0.29, 0.717) is 12.1 Å². The number of anilines is 1. The van der Waals surface area contributed by atoms with E-state index in [-0.39, 0.29) is 0 Å². The summed E-state index contributed by atoms with van der Waals surface area (Å²) in [5.74, 6) is 0. The van der Waals surface area contributed by atoms with Crippen molar-refractivity contribution in [3.63, 3.8) is 0 Å². The molecule has 1 aliphatic rings. The molecule has 1 aliphatic heterocycles. The van der Waals surface area contributed by atoms with E-state index < -0.39 is 11.7 Å². The third kappa shape index (κ3) is 3.90. The van der Waals surface area contributed by atoms with Gasteiger partial charge in [0.05, 0.1) is 5.56 Å². The SMILES string of the molecule is CCCC1CN(c2ccc(C(F)(F)F)cc2)C(CC)CN1. The predicted molar refractivity (Wildman–Crippen MR) is 79.6 cm³/mol. The van der Waals surface area contributed by atoms with Crippen molar-refractivity contribution in [3.05, 3.63) is 29.8 Å². The van der Waals surface area contributed by atoms with Crippen molar-refractivity contribution < 1.29 is 13.2 Å². The minimum Gasteiger partial charge on any atom is -0.366 e. The number of halogens is 3. The van der Waals surface area contributed by atoms with Crippen LogP contribution in [0.1, 0.15) is 38.7 Å². The first kappa shape index (κ1) is 16.1. The monoisotopic (exact) mass is 300 g/mol. The van der Waals surface area contributed by atoms with E-state index >= 15 is 0 Å². The fourth-order valence-electron chi connectivity index (χ4n) is 2.93. The van der Waals surface area contributed by atoms with Gasteiger partial charge in [0.15, 0.2) is 0 Å². The van der Waals surface area contributed by atoms with Gasteiger partial charge in [-0.2, -0.15) is 13.2 Å². The van der Waals surface area contributed by atoms with Crippen LogP contribution in [0.3, 0.4) is 0 Å². The molecule has 0 radical (unpaired) electrons. The molecule has 21 heavy (non-hydrogen) atoms. The summed E-state index contributed by atoms with van der Waals surface area (Å²) in [5, 5.41) is 3.53. The van der Waals surface area contributed by atoms with E-state index in [0.717, 1.165) is 38.0 Å². The first-order valence-electron chi connectivity index (χ1n) is 7.63. The van der Waals surface area contributed by atoms with Crippen LogP contribution in [0.4, 0.5) is 18.9 Å². The standard InChI is InChI=1S/C16H23F3N2/c1-3-5-13-11-21(14(4-2)10-20-13)15-8-6-12(7-9-15)16(17,18)19/h6-9,13-14,20H,3-5,10-11H2,1-2H3. The average molecular weight is 300 g/mol. The maximum absolute atomic E-state index is 12.6. The molecule has 2 rings (SSSR count). The van der Waals surface area contributed by atoms with Gasteiger partial charge in [-0.3, -0.25) is 0 Å². The van der Waals surface area contributed by atoms with Gasteiger partial charge in [-0.1, -0.05) is 20.3 Å². The Bertz CT molecular complexity index is 442. The smallest absolute Gasteiger partial charge is 0.366 e. The Morgan fingerprint density at radius 1 is 1.19 bits per heavy atom. The van der Waals surface area contributed by atoms with Gasteiger partial charge in [0.25, 0.3) is 0 Å². The van der Waals surface area contributed by atoms with Crippen LogP contribution in [0.2, 0.25) is 0 Å². The molecule has 1 aromatic carbocycles. The molecule has 1 fully saturated rings. The van der Waals surface area contributed by atoms with Crippen LogP contribution in [-0.4, -0.2) is 25.2 Å². The van der Waals surface area contributed by atoms with Crippen molar-refractivity contribution in [1.29, 1.82) is 0 Å². The second kappa shape index (κ2) is 6.69. The van der Waals surface area contributed by atoms with E-state index in [1.165, 1.54) is 12.1 Å². The van der Waals surface area contributed by atoms with Crippen LogP contribution in [0.25, 0.3) is 0 Å². The molecule has 0 bridgehead atoms. The number of alkyl halides is 3. The Hall–Kier alpha value is -1.23. The molecule has 118 valence electrons. The number of benzene rings is 1. The number of nitrogens with zero attached hydrogens (tertiary/aromatic N) is 1. The summed E-state index contributed by atoms with van der Waals surface area (Å²) in [6.07, 6.45) is -1.09. The van der Waals surface area contributed by atoms with Crippen molar-refractivity contribution in [2.24, 2.45) is 0 Å². The molecular weight excluding hydrogens is 277 g/mol. The van der Waals surface area contributed by atoms with E-state index in [9.17, 15) is 13.2 Å². The van der Waals surface area contributed by atoms with Crippen molar-refractivity contribution in [2.75, 3.05) is 18.0 Å². The highest BCUT2D eigenvalue weighted by Crippen LogP contribution is 2.31. The molecule has 1 heterocycles. The van der Waals surface area contributed by atoms with E-state index in [1.807, 2.05) is 0 Å². The molecule has 1 saturated heterocycles. The number of hydrogen-bond acceptors (Lipinski definition) is 2. The Labute approximate surface area is 124 Å². The third-order valence-corrected chi connectivity index (χ3v) is 4.13. The highest BCUT2D eigenvalue weighted by atomic mass is 19.4. The number of rotatable bonds is 4. The summed E-state index contributed by atoms with van der Waals surface area (Å²) in [5.41, 5.74) is 0.303. The Balaban J connectivity index is 2.16. The lowest BCUT2D eigenvalue weighted by molar-refractivity contribution is -0.137. The molecule has 0 spiro atoms. The highest BCUT2D eigenvalue weighted by molar-refractivity contribution is 5.50. The van der Waals surface area contributed by atoms with E-state index in [4.69, 9.17) is 0 Å². The molecule has 5 heteroatoms. The van der Waals surface area contributed by atoms with Crippen molar-refractivity contribution >= 4 is 5.69 Å². The lowest BCUT2D eigenvalue weighted by Crippen LogP contribution is -2.56. The normalized spacial score (nSPS) is 23.4. The summed E-state index contributed by atoms with van der Waals surface area (Å²) in [4.78, 5) is 2.25. The Morgan fingerprint density at radius 2 is 1.86 bits per heavy atom. The van der Waals surface area contributed by atoms with Gasteiger partial charge in [-0.25, -0.2) is 0 Å². The maximum Gasteiger partial charge on any atom is 0.416 e. The summed E-state index contributed by atoms with van der Waals surface area (Å²) >= 11 is 0. The largest absolute Gasteiger partial charge is 0.416 e. The predicted octanol–water partition coefficient (Wildman–Crippen LogP) is 4.06. The quantitative estimate of drug-likeness (QED) is 0.902. The molecular formula is C16H23F3N2. The Morgan fingerprint density at radius 3 is 2.38 bits per heavy atom. The molecule has 1 aromatic rings. The van der Waals surface area contributed by atoms with Gasteiger partial charge in [0.2, 0.25) is 0 Å². The van der Waals surface area contributed by atoms with Crippen molar-refractivity contribution in [1.82, 2.24) is 5.32 Å². The summed E-state index contributed by atoms with van der Waals surface area (Å²) in [6.45, 7) is 6.01. The van der Waals surface area contributed by atoms with Crippen LogP contribution in [-0.2, 0) is 6.18 Å². The van der Waals surface area contributed by atoms with E-state index in [2.05, 4.69) is 24.1 Å². The first-order chi connectivity index (χ1) is 9.95. The summed E-state index contributed by atoms with van der Waals surface area (Å²) in [6, 6.07) is 6.31. The molecule has 0 aromatic heterocycles. The van der Waals surface area contributed by atoms with E-state index in [1.54, 1.807) is 12.1 Å². The minimum atomic E-state index is -4.27. The number of hydrogen-bond donors (Lipinski definition) is 1. The fourth-order valence-corrected chi connectivity index (χ4v) is 2.93. The molecule has 1 N–H and O–H groups in total. The van der Waals surface area contributed by atoms with Gasteiger partial charge < -0.3 is 10.2 Å². The molecule has 2 unspecified atom stereocenters. The molecule has 2 atom stereocenters. The molecule has 0 aliphatic carbocycles. The van der Waals surface area contributed by atoms with Crippen LogP contribution < -0.4 is 10.2 Å². The second-order valence-corrected chi connectivity index (χ2v) is 5.65. The highest BCUT2D eigenvalue weighted by Gasteiger charge is 2.31. The zero-order chi connectivity index (χ0) is 15.5. The number of piperazine rings is 1. The maximum atomic E-state index is 12.6. The lowest BCUT2D eigenvalue weighted by atomic mass is 10.0. The minimum absolute atomic E-state index is 0.342. The summed E-state index contributed by atoms with van der Waals surface area (Å²) in [7, 11) is 0. The topological polar surface area (TPSA) is 15.3 Å². The molecule has 0 saturated carbocycles. The van der Waals surface area contributed by atoms with Gasteiger partial charge in [-0.05, 0) is 37.1 Å². The first-order valence-corrected chi connectivity index (χ1v) is 7.63. The molecule has 0 amide bonds. The van der Waals surface area contributed by atoms with Crippen LogP contribution in [0, 0.1) is 0 Å². The lowest BCUT2D eigenvalue weighted by Gasteiger charge is -2.42. The van der Waals surface area contributed by atoms with Gasteiger partial charge in [0, 0.05) is 30.9 Å². The summed E-state index contributed by atoms with van der Waals surface area (Å²) < 4.78 is 37.9. The van der Waals surface area contributed by atoms with Gasteiger partial charge in [-0.15, -0.1) is 0 Å².